The van der Waals surface area contributed by atoms with Gasteiger partial charge in [-0.2, -0.15) is 0 Å². The maximum atomic E-state index is 14.2. The van der Waals surface area contributed by atoms with Crippen molar-refractivity contribution in [3.63, 3.8) is 0 Å². The first-order chi connectivity index (χ1) is 17.3. The summed E-state index contributed by atoms with van der Waals surface area (Å²) in [6.45, 7) is 1.88. The molecule has 0 saturated carbocycles. The Bertz CT molecular complexity index is 1370. The van der Waals surface area contributed by atoms with Crippen LogP contribution in [0.1, 0.15) is 30.0 Å². The Morgan fingerprint density at radius 1 is 0.972 bits per heavy atom. The van der Waals surface area contributed by atoms with Crippen LogP contribution in [0.15, 0.2) is 66.2 Å². The van der Waals surface area contributed by atoms with Crippen LogP contribution < -0.4 is 19.5 Å². The molecule has 0 bridgehead atoms. The van der Waals surface area contributed by atoms with E-state index in [1.807, 2.05) is 31.2 Å². The van der Waals surface area contributed by atoms with E-state index in [2.05, 4.69) is 5.32 Å². The first kappa shape index (κ1) is 24.5. The van der Waals surface area contributed by atoms with Gasteiger partial charge in [0.25, 0.3) is 0 Å². The van der Waals surface area contributed by atoms with Crippen molar-refractivity contribution in [2.45, 2.75) is 13.3 Å². The first-order valence-corrected chi connectivity index (χ1v) is 11.0. The Balaban J connectivity index is 1.75. The number of allylic oxidation sites excluding steroid dienone is 2. The smallest absolute Gasteiger partial charge is 0.493 e. The zero-order chi connectivity index (χ0) is 25.8. The highest BCUT2D eigenvalue weighted by molar-refractivity contribution is 6.10. The molecule has 0 heterocycles. The summed E-state index contributed by atoms with van der Waals surface area (Å²) in [5, 5.41) is 11.9. The van der Waals surface area contributed by atoms with Crippen molar-refractivity contribution in [2.75, 3.05) is 19.5 Å². The third-order valence-electron chi connectivity index (χ3n) is 5.83. The van der Waals surface area contributed by atoms with Gasteiger partial charge in [0.1, 0.15) is 5.82 Å². The summed E-state index contributed by atoms with van der Waals surface area (Å²) < 4.78 is 29.7. The molecule has 0 aliphatic heterocycles. The lowest BCUT2D eigenvalue weighted by atomic mass is 10.00. The van der Waals surface area contributed by atoms with Gasteiger partial charge in [-0.15, -0.1) is 0 Å². The molecule has 1 aliphatic rings. The van der Waals surface area contributed by atoms with Crippen molar-refractivity contribution in [2.24, 2.45) is 0 Å². The molecule has 0 unspecified atom stereocenters. The molecule has 0 atom stereocenters. The average Bonchev–Trinajstić information content (AvgIpc) is 3.10. The molecule has 0 spiro atoms. The zero-order valence-corrected chi connectivity index (χ0v) is 19.9. The zero-order valence-electron chi connectivity index (χ0n) is 19.9. The molecule has 0 radical (unpaired) electrons. The van der Waals surface area contributed by atoms with Crippen molar-refractivity contribution in [3.05, 3.63) is 88.7 Å². The van der Waals surface area contributed by atoms with Crippen LogP contribution in [0.3, 0.4) is 0 Å². The van der Waals surface area contributed by atoms with Crippen LogP contribution in [-0.4, -0.2) is 31.4 Å². The van der Waals surface area contributed by atoms with Crippen LogP contribution in [0.25, 0.3) is 17.2 Å². The van der Waals surface area contributed by atoms with Gasteiger partial charge in [0.15, 0.2) is 11.5 Å². The molecule has 3 aromatic carbocycles. The van der Waals surface area contributed by atoms with Crippen molar-refractivity contribution in [3.8, 4) is 17.2 Å². The molecule has 2 N–H and O–H groups in total. The van der Waals surface area contributed by atoms with Gasteiger partial charge in [0.2, 0.25) is 11.7 Å². The average molecular weight is 489 g/mol. The van der Waals surface area contributed by atoms with E-state index in [9.17, 15) is 14.0 Å². The van der Waals surface area contributed by atoms with Crippen LogP contribution >= 0.6 is 0 Å². The minimum Gasteiger partial charge on any atom is -0.493 e. The molecule has 1 amide bonds. The standard InChI is InChI=1S/C28H24FNO6/c1-16-21(11-17-12-24(34-2)27(36-28(32)33)25(13-17)35-3)20-10-9-18(29)14-23(20)22(16)15-26(31)30-19-7-5-4-6-8-19/h4-14H,15H2,1-3H3,(H,30,31)(H,32,33)/b21-11-. The highest BCUT2D eigenvalue weighted by atomic mass is 19.1. The fourth-order valence-electron chi connectivity index (χ4n) is 4.21. The van der Waals surface area contributed by atoms with Gasteiger partial charge in [0.05, 0.1) is 20.6 Å². The lowest BCUT2D eigenvalue weighted by molar-refractivity contribution is -0.115. The van der Waals surface area contributed by atoms with Gasteiger partial charge in [-0.3, -0.25) is 4.79 Å². The van der Waals surface area contributed by atoms with Crippen molar-refractivity contribution in [1.82, 2.24) is 0 Å². The minimum absolute atomic E-state index is 0.0610. The number of methoxy groups -OCH3 is 2. The molecular formula is C28H24FNO6. The van der Waals surface area contributed by atoms with E-state index >= 15 is 0 Å². The lowest BCUT2D eigenvalue weighted by Gasteiger charge is -2.13. The number of benzene rings is 3. The number of halogens is 1. The van der Waals surface area contributed by atoms with Crippen LogP contribution in [0.4, 0.5) is 14.9 Å². The number of amides is 1. The normalized spacial score (nSPS) is 13.4. The second kappa shape index (κ2) is 10.4. The van der Waals surface area contributed by atoms with E-state index in [0.717, 1.165) is 16.7 Å². The predicted octanol–water partition coefficient (Wildman–Crippen LogP) is 6.26. The maximum absolute atomic E-state index is 14.2. The third-order valence-corrected chi connectivity index (χ3v) is 5.83. The fourth-order valence-corrected chi connectivity index (χ4v) is 4.21. The summed E-state index contributed by atoms with van der Waals surface area (Å²) in [4.78, 5) is 23.9. The fraction of sp³-hybridized carbons (Fsp3) is 0.143. The number of carbonyl (C=O) groups excluding carboxylic acids is 1. The van der Waals surface area contributed by atoms with Gasteiger partial charge < -0.3 is 24.6 Å². The molecule has 7 nitrogen and oxygen atoms in total. The van der Waals surface area contributed by atoms with Gasteiger partial charge in [-0.1, -0.05) is 24.3 Å². The summed E-state index contributed by atoms with van der Waals surface area (Å²) in [5.41, 5.74) is 5.07. The second-order valence-corrected chi connectivity index (χ2v) is 8.06. The Hall–Kier alpha value is -4.59. The van der Waals surface area contributed by atoms with Crippen molar-refractivity contribution in [1.29, 1.82) is 0 Å². The van der Waals surface area contributed by atoms with E-state index in [1.165, 1.54) is 26.4 Å². The Morgan fingerprint density at radius 2 is 1.64 bits per heavy atom. The number of carboxylic acid groups (broad SMARTS) is 1. The highest BCUT2D eigenvalue weighted by Gasteiger charge is 2.26. The van der Waals surface area contributed by atoms with Crippen molar-refractivity contribution < 1.29 is 33.3 Å². The third kappa shape index (κ3) is 5.07. The quantitative estimate of drug-likeness (QED) is 0.301. The number of hydrogen-bond acceptors (Lipinski definition) is 5. The number of fused-ring (bicyclic) bond motifs is 1. The number of carbonyl (C=O) groups is 2. The van der Waals surface area contributed by atoms with Crippen LogP contribution in [0.5, 0.6) is 17.2 Å². The predicted molar refractivity (Wildman–Crippen MR) is 135 cm³/mol. The van der Waals surface area contributed by atoms with E-state index in [4.69, 9.17) is 19.3 Å². The highest BCUT2D eigenvalue weighted by Crippen LogP contribution is 2.45. The molecule has 184 valence electrons. The molecule has 36 heavy (non-hydrogen) atoms. The summed E-state index contributed by atoms with van der Waals surface area (Å²) >= 11 is 0. The van der Waals surface area contributed by atoms with Crippen molar-refractivity contribution >= 4 is 35.0 Å². The molecule has 0 aromatic heterocycles. The van der Waals surface area contributed by atoms with E-state index in [0.29, 0.717) is 22.4 Å². The number of anilines is 1. The summed E-state index contributed by atoms with van der Waals surface area (Å²) in [6.07, 6.45) is 0.415. The second-order valence-electron chi connectivity index (χ2n) is 8.06. The monoisotopic (exact) mass is 489 g/mol. The Labute approximate surface area is 207 Å². The van der Waals surface area contributed by atoms with Crippen LogP contribution in [0, 0.1) is 5.82 Å². The maximum Gasteiger partial charge on any atom is 0.511 e. The molecule has 0 fully saturated rings. The SMILES string of the molecule is COc1cc(/C=C2/C(C)=C(CC(=O)Nc3ccccc3)c3cc(F)ccc32)cc(OC)c1OC(=O)O. The number of para-hydroxylation sites is 1. The number of rotatable bonds is 7. The van der Waals surface area contributed by atoms with Crippen LogP contribution in [-0.2, 0) is 4.79 Å². The van der Waals surface area contributed by atoms with E-state index in [1.54, 1.807) is 30.3 Å². The molecule has 1 aliphatic carbocycles. The van der Waals surface area contributed by atoms with Crippen LogP contribution in [0.2, 0.25) is 0 Å². The topological polar surface area (TPSA) is 94.1 Å². The molecule has 0 saturated heterocycles. The Morgan fingerprint density at radius 3 is 2.25 bits per heavy atom. The summed E-state index contributed by atoms with van der Waals surface area (Å²) in [7, 11) is 2.78. The molecule has 8 heteroatoms. The first-order valence-electron chi connectivity index (χ1n) is 11.0. The van der Waals surface area contributed by atoms with Gasteiger partial charge in [-0.25, -0.2) is 9.18 Å². The summed E-state index contributed by atoms with van der Waals surface area (Å²) in [5.74, 6) is -0.336. The Kier molecular flexibility index (Phi) is 7.05. The van der Waals surface area contributed by atoms with E-state index < -0.39 is 12.0 Å². The molecular weight excluding hydrogens is 465 g/mol. The lowest BCUT2D eigenvalue weighted by Crippen LogP contribution is -2.11. The van der Waals surface area contributed by atoms with Gasteiger partial charge in [-0.05, 0) is 82.8 Å². The molecule has 4 rings (SSSR count). The number of ether oxygens (including phenoxy) is 3. The van der Waals surface area contributed by atoms with E-state index in [-0.39, 0.29) is 29.6 Å². The molecule has 3 aromatic rings. The largest absolute Gasteiger partial charge is 0.511 e. The van der Waals surface area contributed by atoms with Gasteiger partial charge in [0, 0.05) is 5.69 Å². The number of nitrogens with one attached hydrogen (secondary N) is 1. The summed E-state index contributed by atoms with van der Waals surface area (Å²) in [6, 6.07) is 16.8. The minimum atomic E-state index is -1.50. The van der Waals surface area contributed by atoms with Gasteiger partial charge >= 0.3 is 6.16 Å². The number of hydrogen-bond donors (Lipinski definition) is 2.